The third-order valence-corrected chi connectivity index (χ3v) is 3.45. The van der Waals surface area contributed by atoms with Gasteiger partial charge in [0, 0.05) is 10.9 Å². The van der Waals surface area contributed by atoms with Gasteiger partial charge in [0.15, 0.2) is 0 Å². The van der Waals surface area contributed by atoms with Crippen LogP contribution in [0, 0.1) is 5.92 Å². The molecule has 1 fully saturated rings. The number of benzene rings is 1. The molecular formula is C13H15NO2. The fourth-order valence-corrected chi connectivity index (χ4v) is 2.47. The van der Waals surface area contributed by atoms with Gasteiger partial charge in [-0.2, -0.15) is 0 Å². The summed E-state index contributed by atoms with van der Waals surface area (Å²) >= 11 is 0. The highest BCUT2D eigenvalue weighted by atomic mass is 16.5. The van der Waals surface area contributed by atoms with Gasteiger partial charge in [0.25, 0.3) is 0 Å². The zero-order valence-corrected chi connectivity index (χ0v) is 9.27. The molecule has 2 aromatic rings. The number of methoxy groups -OCH3 is 1. The van der Waals surface area contributed by atoms with Gasteiger partial charge in [-0.25, -0.2) is 0 Å². The van der Waals surface area contributed by atoms with Crippen LogP contribution in [0.25, 0.3) is 11.0 Å². The molecule has 16 heavy (non-hydrogen) atoms. The summed E-state index contributed by atoms with van der Waals surface area (Å²) in [5, 5.41) is 1.17. The van der Waals surface area contributed by atoms with Crippen molar-refractivity contribution in [3.05, 3.63) is 30.0 Å². The maximum Gasteiger partial charge on any atom is 0.134 e. The summed E-state index contributed by atoms with van der Waals surface area (Å²) in [6, 6.07) is 5.95. The predicted octanol–water partition coefficient (Wildman–Crippen LogP) is 2.50. The molecule has 0 saturated heterocycles. The van der Waals surface area contributed by atoms with Crippen LogP contribution in [-0.2, 0) is 0 Å². The van der Waals surface area contributed by atoms with Gasteiger partial charge in [0.2, 0.25) is 0 Å². The third kappa shape index (κ3) is 1.32. The molecule has 1 aromatic carbocycles. The molecule has 1 aliphatic rings. The van der Waals surface area contributed by atoms with Crippen LogP contribution in [0.5, 0.6) is 5.75 Å². The van der Waals surface area contributed by atoms with Crippen molar-refractivity contribution in [2.24, 2.45) is 11.7 Å². The Bertz CT molecular complexity index is 518. The van der Waals surface area contributed by atoms with Gasteiger partial charge >= 0.3 is 0 Å². The first-order valence-corrected chi connectivity index (χ1v) is 5.59. The number of hydrogen-bond acceptors (Lipinski definition) is 3. The Hall–Kier alpha value is -1.48. The molecule has 84 valence electrons. The summed E-state index contributed by atoms with van der Waals surface area (Å²) in [6.45, 7) is 0.752. The highest BCUT2D eigenvalue weighted by molar-refractivity contribution is 5.84. The smallest absolute Gasteiger partial charge is 0.134 e. The van der Waals surface area contributed by atoms with Crippen molar-refractivity contribution < 1.29 is 9.15 Å². The third-order valence-electron chi connectivity index (χ3n) is 3.45. The number of hydrogen-bond donors (Lipinski definition) is 1. The molecule has 1 heterocycles. The Morgan fingerprint density at radius 2 is 2.31 bits per heavy atom. The molecule has 3 heteroatoms. The maximum absolute atomic E-state index is 5.71. The molecule has 0 bridgehead atoms. The van der Waals surface area contributed by atoms with E-state index in [2.05, 4.69) is 0 Å². The van der Waals surface area contributed by atoms with Gasteiger partial charge in [-0.3, -0.25) is 0 Å². The van der Waals surface area contributed by atoms with E-state index in [0.29, 0.717) is 11.8 Å². The van der Waals surface area contributed by atoms with E-state index in [1.807, 2.05) is 18.2 Å². The monoisotopic (exact) mass is 217 g/mol. The van der Waals surface area contributed by atoms with Crippen molar-refractivity contribution in [2.75, 3.05) is 13.7 Å². The molecule has 0 amide bonds. The van der Waals surface area contributed by atoms with Crippen LogP contribution < -0.4 is 10.5 Å². The Balaban J connectivity index is 2.15. The summed E-state index contributed by atoms with van der Waals surface area (Å²) in [7, 11) is 1.71. The zero-order valence-electron chi connectivity index (χ0n) is 9.27. The van der Waals surface area contributed by atoms with E-state index in [1.165, 1.54) is 10.9 Å². The molecule has 3 rings (SSSR count). The Labute approximate surface area is 94.2 Å². The molecule has 2 N–H and O–H groups in total. The summed E-state index contributed by atoms with van der Waals surface area (Å²) in [5.41, 5.74) is 7.91. The molecule has 1 saturated carbocycles. The van der Waals surface area contributed by atoms with Crippen LogP contribution in [0.4, 0.5) is 0 Å². The van der Waals surface area contributed by atoms with Gasteiger partial charge in [-0.05, 0) is 43.0 Å². The van der Waals surface area contributed by atoms with Gasteiger partial charge in [0.05, 0.1) is 13.4 Å². The lowest BCUT2D eigenvalue weighted by Gasteiger charge is -2.08. The van der Waals surface area contributed by atoms with Crippen LogP contribution in [0.15, 0.2) is 28.9 Å². The van der Waals surface area contributed by atoms with Crippen LogP contribution in [-0.4, -0.2) is 13.7 Å². The highest BCUT2D eigenvalue weighted by Crippen LogP contribution is 2.52. The SMILES string of the molecule is COc1ccc2occc2c1[C@@H]1C[C@H]1CN. The number of furan rings is 1. The molecule has 0 aliphatic heterocycles. The average molecular weight is 217 g/mol. The highest BCUT2D eigenvalue weighted by Gasteiger charge is 2.40. The maximum atomic E-state index is 5.71. The largest absolute Gasteiger partial charge is 0.496 e. The molecule has 2 atom stereocenters. The van der Waals surface area contributed by atoms with Crippen molar-refractivity contribution in [2.45, 2.75) is 12.3 Å². The van der Waals surface area contributed by atoms with Gasteiger partial charge in [0.1, 0.15) is 11.3 Å². The Morgan fingerprint density at radius 1 is 1.44 bits per heavy atom. The van der Waals surface area contributed by atoms with E-state index < -0.39 is 0 Å². The molecule has 0 unspecified atom stereocenters. The van der Waals surface area contributed by atoms with Crippen molar-refractivity contribution in [3.8, 4) is 5.75 Å². The Kier molecular flexibility index (Phi) is 2.14. The van der Waals surface area contributed by atoms with Crippen LogP contribution in [0.2, 0.25) is 0 Å². The van der Waals surface area contributed by atoms with E-state index in [4.69, 9.17) is 14.9 Å². The van der Waals surface area contributed by atoms with Crippen LogP contribution >= 0.6 is 0 Å². The second kappa shape index (κ2) is 3.52. The minimum atomic E-state index is 0.543. The first kappa shape index (κ1) is 9.73. The lowest BCUT2D eigenvalue weighted by Crippen LogP contribution is -2.02. The second-order valence-corrected chi connectivity index (χ2v) is 4.35. The fourth-order valence-electron chi connectivity index (χ4n) is 2.47. The molecule has 3 nitrogen and oxygen atoms in total. The van der Waals surface area contributed by atoms with Crippen molar-refractivity contribution in [1.29, 1.82) is 0 Å². The van der Waals surface area contributed by atoms with Crippen molar-refractivity contribution >= 4 is 11.0 Å². The van der Waals surface area contributed by atoms with Gasteiger partial charge in [-0.15, -0.1) is 0 Å². The second-order valence-electron chi connectivity index (χ2n) is 4.35. The van der Waals surface area contributed by atoms with Crippen molar-refractivity contribution in [1.82, 2.24) is 0 Å². The Morgan fingerprint density at radius 3 is 3.00 bits per heavy atom. The minimum Gasteiger partial charge on any atom is -0.496 e. The minimum absolute atomic E-state index is 0.543. The fraction of sp³-hybridized carbons (Fsp3) is 0.385. The standard InChI is InChI=1S/C13H15NO2/c1-15-12-3-2-11-9(4-5-16-11)13(12)10-6-8(10)7-14/h2-5,8,10H,6-7,14H2,1H3/t8-,10+/m0/s1. The number of ether oxygens (including phenoxy) is 1. The molecule has 0 spiro atoms. The van der Waals surface area contributed by atoms with Crippen molar-refractivity contribution in [3.63, 3.8) is 0 Å². The molecule has 1 aliphatic carbocycles. The van der Waals surface area contributed by atoms with E-state index in [-0.39, 0.29) is 0 Å². The predicted molar refractivity (Wildman–Crippen MR) is 62.7 cm³/mol. The number of fused-ring (bicyclic) bond motifs is 1. The summed E-state index contributed by atoms with van der Waals surface area (Å²) in [5.74, 6) is 2.10. The lowest BCUT2D eigenvalue weighted by molar-refractivity contribution is 0.410. The average Bonchev–Trinajstić information content (AvgIpc) is 2.94. The molecule has 0 radical (unpaired) electrons. The van der Waals surface area contributed by atoms with E-state index in [9.17, 15) is 0 Å². The van der Waals surface area contributed by atoms with Crippen LogP contribution in [0.1, 0.15) is 17.9 Å². The molecule has 1 aromatic heterocycles. The summed E-state index contributed by atoms with van der Waals surface area (Å²) in [6.07, 6.45) is 2.89. The van der Waals surface area contributed by atoms with E-state index >= 15 is 0 Å². The topological polar surface area (TPSA) is 48.4 Å². The molecular weight excluding hydrogens is 202 g/mol. The normalized spacial score (nSPS) is 23.6. The number of nitrogens with two attached hydrogens (primary N) is 1. The van der Waals surface area contributed by atoms with Gasteiger partial charge < -0.3 is 14.9 Å². The first-order valence-electron chi connectivity index (χ1n) is 5.59. The summed E-state index contributed by atoms with van der Waals surface area (Å²) in [4.78, 5) is 0. The van der Waals surface area contributed by atoms with E-state index in [1.54, 1.807) is 13.4 Å². The van der Waals surface area contributed by atoms with E-state index in [0.717, 1.165) is 24.3 Å². The van der Waals surface area contributed by atoms with Gasteiger partial charge in [-0.1, -0.05) is 0 Å². The quantitative estimate of drug-likeness (QED) is 0.859. The first-order chi connectivity index (χ1) is 7.85. The zero-order chi connectivity index (χ0) is 11.1. The number of rotatable bonds is 3. The lowest BCUT2D eigenvalue weighted by atomic mass is 10.0. The summed E-state index contributed by atoms with van der Waals surface area (Å²) < 4.78 is 10.9. The van der Waals surface area contributed by atoms with Crippen LogP contribution in [0.3, 0.4) is 0 Å².